The van der Waals surface area contributed by atoms with Crippen LogP contribution in [0.5, 0.6) is 0 Å². The Morgan fingerprint density at radius 1 is 0.846 bits per heavy atom. The van der Waals surface area contributed by atoms with E-state index < -0.39 is 0 Å². The molecule has 0 saturated carbocycles. The van der Waals surface area contributed by atoms with Gasteiger partial charge in [0.1, 0.15) is 0 Å². The minimum Gasteiger partial charge on any atom is -0.0890 e. The summed E-state index contributed by atoms with van der Waals surface area (Å²) >= 11 is 0. The van der Waals surface area contributed by atoms with Crippen molar-refractivity contribution in [2.24, 2.45) is 0 Å². The Hall–Kier alpha value is -0.260. The van der Waals surface area contributed by atoms with Crippen molar-refractivity contribution >= 4 is 0 Å². The van der Waals surface area contributed by atoms with Crippen molar-refractivity contribution in [1.29, 1.82) is 0 Å². The van der Waals surface area contributed by atoms with E-state index in [4.69, 9.17) is 0 Å². The van der Waals surface area contributed by atoms with Gasteiger partial charge in [-0.2, -0.15) is 0 Å². The van der Waals surface area contributed by atoms with Crippen molar-refractivity contribution in [3.05, 3.63) is 11.6 Å². The van der Waals surface area contributed by atoms with Gasteiger partial charge in [-0.25, -0.2) is 0 Å². The SMILES string of the molecule is CC.CC.CC=C(C)C.CCCC. The van der Waals surface area contributed by atoms with Crippen molar-refractivity contribution in [3.63, 3.8) is 0 Å². The number of allylic oxidation sites excluding steroid dienone is 2. The summed E-state index contributed by atoms with van der Waals surface area (Å²) < 4.78 is 0. The third-order valence-electron chi connectivity index (χ3n) is 1.08. The van der Waals surface area contributed by atoms with Crippen LogP contribution < -0.4 is 0 Å². The van der Waals surface area contributed by atoms with Crippen LogP contribution >= 0.6 is 0 Å². The average molecular weight is 188 g/mol. The Kier molecular flexibility index (Phi) is 72.7. The van der Waals surface area contributed by atoms with Gasteiger partial charge in [0.25, 0.3) is 0 Å². The van der Waals surface area contributed by atoms with Crippen LogP contribution in [0.15, 0.2) is 11.6 Å². The number of rotatable bonds is 1. The third kappa shape index (κ3) is 148. The molecular formula is C13H32. The first-order valence-corrected chi connectivity index (χ1v) is 5.78. The maximum atomic E-state index is 2.18. The van der Waals surface area contributed by atoms with Crippen LogP contribution in [-0.4, -0.2) is 0 Å². The lowest BCUT2D eigenvalue weighted by Crippen LogP contribution is -1.52. The fraction of sp³-hybridized carbons (Fsp3) is 0.846. The van der Waals surface area contributed by atoms with E-state index in [9.17, 15) is 0 Å². The summed E-state index contributed by atoms with van der Waals surface area (Å²) in [5.41, 5.74) is 1.38. The summed E-state index contributed by atoms with van der Waals surface area (Å²) in [7, 11) is 0. The Labute approximate surface area is 87.4 Å². The Morgan fingerprint density at radius 2 is 1.00 bits per heavy atom. The van der Waals surface area contributed by atoms with Gasteiger partial charge in [-0.1, -0.05) is 66.0 Å². The summed E-state index contributed by atoms with van der Waals surface area (Å²) in [6, 6.07) is 0. The molecular weight excluding hydrogens is 156 g/mol. The number of hydrogen-bond acceptors (Lipinski definition) is 0. The molecule has 0 fully saturated rings. The lowest BCUT2D eigenvalue weighted by Gasteiger charge is -1.74. The zero-order valence-corrected chi connectivity index (χ0v) is 11.5. The zero-order chi connectivity index (χ0) is 11.7. The maximum Gasteiger partial charge on any atom is -0.0442 e. The molecule has 0 aliphatic heterocycles. The highest BCUT2D eigenvalue weighted by atomic mass is 13.7. The van der Waals surface area contributed by atoms with E-state index in [0.717, 1.165) is 0 Å². The second kappa shape index (κ2) is 41.1. The molecule has 0 aromatic carbocycles. The molecule has 0 rings (SSSR count). The summed E-state index contributed by atoms with van der Waals surface area (Å²) in [6.07, 6.45) is 4.72. The Balaban J connectivity index is -0.0000000457. The molecule has 0 nitrogen and oxygen atoms in total. The average Bonchev–Trinajstić information content (AvgIpc) is 2.24. The molecule has 0 aliphatic carbocycles. The molecule has 0 spiro atoms. The third-order valence-corrected chi connectivity index (χ3v) is 1.08. The van der Waals surface area contributed by atoms with Crippen molar-refractivity contribution < 1.29 is 0 Å². The highest BCUT2D eigenvalue weighted by molar-refractivity contribution is 4.88. The van der Waals surface area contributed by atoms with Crippen LogP contribution in [0.1, 0.15) is 75.2 Å². The molecule has 0 N–H and O–H groups in total. The maximum absolute atomic E-state index is 2.18. The largest absolute Gasteiger partial charge is 0.0890 e. The van der Waals surface area contributed by atoms with Crippen molar-refractivity contribution in [3.8, 4) is 0 Å². The molecule has 0 unspecified atom stereocenters. The van der Waals surface area contributed by atoms with E-state index in [1.54, 1.807) is 0 Å². The standard InChI is InChI=1S/C5H10.C4H10.2C2H6/c1-4-5(2)3;1-3-4-2;2*1-2/h4H,1-3H3;3-4H2,1-2H3;2*1-2H3. The molecule has 0 saturated heterocycles. The fourth-order valence-electron chi connectivity index (χ4n) is 0. The summed E-state index contributed by atoms with van der Waals surface area (Å²) in [6.45, 7) is 18.6. The van der Waals surface area contributed by atoms with E-state index in [0.29, 0.717) is 0 Å². The van der Waals surface area contributed by atoms with Gasteiger partial charge in [-0.3, -0.25) is 0 Å². The Bertz CT molecular complexity index is 54.4. The molecule has 84 valence electrons. The summed E-state index contributed by atoms with van der Waals surface area (Å²) in [5, 5.41) is 0. The first kappa shape index (κ1) is 23.0. The van der Waals surface area contributed by atoms with Crippen LogP contribution in [0.2, 0.25) is 0 Å². The van der Waals surface area contributed by atoms with E-state index in [2.05, 4.69) is 33.8 Å². The lowest BCUT2D eigenvalue weighted by molar-refractivity contribution is 0.886. The lowest BCUT2D eigenvalue weighted by atomic mass is 10.3. The van der Waals surface area contributed by atoms with Gasteiger partial charge < -0.3 is 0 Å². The molecule has 0 aliphatic rings. The van der Waals surface area contributed by atoms with E-state index >= 15 is 0 Å². The van der Waals surface area contributed by atoms with Crippen LogP contribution in [0.4, 0.5) is 0 Å². The molecule has 0 heterocycles. The second-order valence-corrected chi connectivity index (χ2v) is 2.37. The molecule has 0 aromatic rings. The Morgan fingerprint density at radius 3 is 1.00 bits per heavy atom. The van der Waals surface area contributed by atoms with Crippen LogP contribution in [0, 0.1) is 0 Å². The van der Waals surface area contributed by atoms with Gasteiger partial charge in [0.2, 0.25) is 0 Å². The molecule has 0 bridgehead atoms. The van der Waals surface area contributed by atoms with Gasteiger partial charge >= 0.3 is 0 Å². The predicted octanol–water partition coefficient (Wildman–Crippen LogP) is 5.83. The smallest absolute Gasteiger partial charge is 0.0442 e. The fourth-order valence-corrected chi connectivity index (χ4v) is 0. The second-order valence-electron chi connectivity index (χ2n) is 2.37. The summed E-state index contributed by atoms with van der Waals surface area (Å²) in [4.78, 5) is 0. The topological polar surface area (TPSA) is 0 Å². The quantitative estimate of drug-likeness (QED) is 0.454. The molecule has 0 aromatic heterocycles. The zero-order valence-electron chi connectivity index (χ0n) is 11.5. The van der Waals surface area contributed by atoms with Gasteiger partial charge in [0, 0.05) is 0 Å². The molecule has 0 radical (unpaired) electrons. The van der Waals surface area contributed by atoms with E-state index in [1.165, 1.54) is 18.4 Å². The molecule has 0 amide bonds. The van der Waals surface area contributed by atoms with Gasteiger partial charge in [-0.05, 0) is 20.8 Å². The number of unbranched alkanes of at least 4 members (excludes halogenated alkanes) is 1. The van der Waals surface area contributed by atoms with E-state index in [1.807, 2.05) is 34.6 Å². The minimum absolute atomic E-state index is 1.32. The number of hydrogen-bond donors (Lipinski definition) is 0. The van der Waals surface area contributed by atoms with Crippen LogP contribution in [0.3, 0.4) is 0 Å². The van der Waals surface area contributed by atoms with E-state index in [-0.39, 0.29) is 0 Å². The minimum atomic E-state index is 1.32. The van der Waals surface area contributed by atoms with Crippen LogP contribution in [-0.2, 0) is 0 Å². The first-order valence-electron chi connectivity index (χ1n) is 5.78. The molecule has 0 atom stereocenters. The predicted molar refractivity (Wildman–Crippen MR) is 68.4 cm³/mol. The first-order chi connectivity index (χ1) is 6.18. The van der Waals surface area contributed by atoms with Crippen molar-refractivity contribution in [1.82, 2.24) is 0 Å². The molecule has 0 heteroatoms. The monoisotopic (exact) mass is 188 g/mol. The van der Waals surface area contributed by atoms with Gasteiger partial charge in [0.15, 0.2) is 0 Å². The van der Waals surface area contributed by atoms with Crippen molar-refractivity contribution in [2.45, 2.75) is 75.2 Å². The van der Waals surface area contributed by atoms with Crippen LogP contribution in [0.25, 0.3) is 0 Å². The molecule has 13 heavy (non-hydrogen) atoms. The highest BCUT2D eigenvalue weighted by Gasteiger charge is 1.60. The van der Waals surface area contributed by atoms with Gasteiger partial charge in [0.05, 0.1) is 0 Å². The van der Waals surface area contributed by atoms with Crippen molar-refractivity contribution in [2.75, 3.05) is 0 Å². The van der Waals surface area contributed by atoms with Gasteiger partial charge in [-0.15, -0.1) is 0 Å². The highest BCUT2D eigenvalue weighted by Crippen LogP contribution is 1.82. The summed E-state index contributed by atoms with van der Waals surface area (Å²) in [5.74, 6) is 0. The normalized spacial score (nSPS) is 5.92.